The zero-order chi connectivity index (χ0) is 21.8. The minimum Gasteiger partial charge on any atom is -0.484 e. The van der Waals surface area contributed by atoms with Crippen LogP contribution < -0.4 is 4.74 Å². The zero-order valence-corrected chi connectivity index (χ0v) is 16.8. The molecular formula is C21H23F2N3O4. The molecule has 160 valence electrons. The van der Waals surface area contributed by atoms with E-state index < -0.39 is 16.4 Å². The summed E-state index contributed by atoms with van der Waals surface area (Å²) in [5.74, 6) is -1.47. The number of piperazine rings is 1. The first kappa shape index (κ1) is 21.6. The van der Waals surface area contributed by atoms with Gasteiger partial charge in [0.1, 0.15) is 11.6 Å². The summed E-state index contributed by atoms with van der Waals surface area (Å²) >= 11 is 0. The zero-order valence-electron chi connectivity index (χ0n) is 16.8. The fraction of sp³-hybridized carbons (Fsp3) is 0.381. The third kappa shape index (κ3) is 5.10. The molecule has 7 nitrogen and oxygen atoms in total. The number of rotatable bonds is 6. The summed E-state index contributed by atoms with van der Waals surface area (Å²) < 4.78 is 32.1. The highest BCUT2D eigenvalue weighted by Crippen LogP contribution is 2.23. The van der Waals surface area contributed by atoms with E-state index in [9.17, 15) is 23.7 Å². The average Bonchev–Trinajstić information content (AvgIpc) is 2.70. The highest BCUT2D eigenvalue weighted by molar-refractivity contribution is 5.78. The third-order valence-electron chi connectivity index (χ3n) is 5.21. The Morgan fingerprint density at radius 2 is 1.83 bits per heavy atom. The Labute approximate surface area is 173 Å². The maximum absolute atomic E-state index is 13.7. The van der Waals surface area contributed by atoms with Gasteiger partial charge in [-0.05, 0) is 37.6 Å². The first-order valence-electron chi connectivity index (χ1n) is 9.59. The van der Waals surface area contributed by atoms with Gasteiger partial charge in [0.2, 0.25) is 5.82 Å². The second-order valence-electron chi connectivity index (χ2n) is 7.46. The number of hydrogen-bond donors (Lipinski definition) is 0. The van der Waals surface area contributed by atoms with E-state index in [4.69, 9.17) is 4.74 Å². The Bertz CT molecular complexity index is 923. The van der Waals surface area contributed by atoms with Gasteiger partial charge in [-0.1, -0.05) is 12.1 Å². The molecule has 0 spiro atoms. The number of benzene rings is 2. The maximum Gasteiger partial charge on any atom is 0.305 e. The fourth-order valence-corrected chi connectivity index (χ4v) is 3.54. The van der Waals surface area contributed by atoms with Crippen LogP contribution >= 0.6 is 0 Å². The molecule has 0 aliphatic carbocycles. The molecule has 1 aliphatic heterocycles. The second-order valence-corrected chi connectivity index (χ2v) is 7.46. The van der Waals surface area contributed by atoms with E-state index >= 15 is 0 Å². The van der Waals surface area contributed by atoms with E-state index in [1.54, 1.807) is 17.0 Å². The summed E-state index contributed by atoms with van der Waals surface area (Å²) in [6.45, 7) is 5.48. The molecular weight excluding hydrogens is 396 g/mol. The van der Waals surface area contributed by atoms with Gasteiger partial charge in [-0.15, -0.1) is 0 Å². The quantitative estimate of drug-likeness (QED) is 0.530. The van der Waals surface area contributed by atoms with Crippen molar-refractivity contribution < 1.29 is 23.2 Å². The van der Waals surface area contributed by atoms with Gasteiger partial charge in [0.25, 0.3) is 5.91 Å². The predicted molar refractivity (Wildman–Crippen MR) is 106 cm³/mol. The van der Waals surface area contributed by atoms with Crippen LogP contribution in [0.25, 0.3) is 0 Å². The first-order chi connectivity index (χ1) is 14.2. The highest BCUT2D eigenvalue weighted by Gasteiger charge is 2.32. The summed E-state index contributed by atoms with van der Waals surface area (Å²) in [5, 5.41) is 10.7. The summed E-state index contributed by atoms with van der Waals surface area (Å²) in [7, 11) is 0. The van der Waals surface area contributed by atoms with Crippen LogP contribution in [0.3, 0.4) is 0 Å². The molecule has 2 aromatic carbocycles. The van der Waals surface area contributed by atoms with E-state index in [-0.39, 0.29) is 36.2 Å². The van der Waals surface area contributed by atoms with Crippen LogP contribution in [0.1, 0.15) is 19.4 Å². The molecule has 0 aromatic heterocycles. The summed E-state index contributed by atoms with van der Waals surface area (Å²) in [5.41, 5.74) is 0.354. The summed E-state index contributed by atoms with van der Waals surface area (Å²) in [6.07, 6.45) is 0. The Morgan fingerprint density at radius 1 is 1.13 bits per heavy atom. The van der Waals surface area contributed by atoms with E-state index in [0.29, 0.717) is 19.6 Å². The Hall–Kier alpha value is -3.07. The molecule has 1 heterocycles. The van der Waals surface area contributed by atoms with Crippen LogP contribution in [-0.2, 0) is 11.3 Å². The molecule has 0 bridgehead atoms. The molecule has 1 fully saturated rings. The number of ether oxygens (including phenoxy) is 1. The van der Waals surface area contributed by atoms with Crippen LogP contribution in [0.15, 0.2) is 42.5 Å². The number of carbonyl (C=O) groups excluding carboxylic acids is 1. The monoisotopic (exact) mass is 419 g/mol. The lowest BCUT2D eigenvalue weighted by atomic mass is 10.1. The van der Waals surface area contributed by atoms with Crippen molar-refractivity contribution >= 4 is 11.6 Å². The normalized spacial score (nSPS) is 19.5. The number of hydrogen-bond acceptors (Lipinski definition) is 5. The molecule has 1 aliphatic rings. The topological polar surface area (TPSA) is 75.9 Å². The van der Waals surface area contributed by atoms with Gasteiger partial charge in [0.15, 0.2) is 6.61 Å². The largest absolute Gasteiger partial charge is 0.484 e. The molecule has 2 aromatic rings. The summed E-state index contributed by atoms with van der Waals surface area (Å²) in [4.78, 5) is 26.4. The lowest BCUT2D eigenvalue weighted by Crippen LogP contribution is -2.58. The van der Waals surface area contributed by atoms with Crippen molar-refractivity contribution in [2.24, 2.45) is 0 Å². The Kier molecular flexibility index (Phi) is 6.61. The average molecular weight is 419 g/mol. The highest BCUT2D eigenvalue weighted by atomic mass is 19.1. The van der Waals surface area contributed by atoms with Crippen LogP contribution in [0.2, 0.25) is 0 Å². The van der Waals surface area contributed by atoms with Crippen LogP contribution in [0.4, 0.5) is 14.5 Å². The number of nitrogens with zero attached hydrogens (tertiary/aromatic N) is 3. The lowest BCUT2D eigenvalue weighted by molar-refractivity contribution is -0.387. The molecule has 1 saturated heterocycles. The van der Waals surface area contributed by atoms with Gasteiger partial charge < -0.3 is 9.64 Å². The van der Waals surface area contributed by atoms with Gasteiger partial charge in [-0.25, -0.2) is 4.39 Å². The third-order valence-corrected chi connectivity index (χ3v) is 5.21. The Morgan fingerprint density at radius 3 is 2.47 bits per heavy atom. The SMILES string of the molecule is C[C@@H]1CN(Cc2ccc(F)cc2)[C@@H](C)CN1C(=O)COc1ccc([N+](=O)[O-])c(F)c1. The number of amides is 1. The van der Waals surface area contributed by atoms with Crippen molar-refractivity contribution in [3.63, 3.8) is 0 Å². The van der Waals surface area contributed by atoms with E-state index in [1.165, 1.54) is 18.2 Å². The van der Waals surface area contributed by atoms with Gasteiger partial charge in [0.05, 0.1) is 4.92 Å². The molecule has 0 unspecified atom stereocenters. The number of nitro benzene ring substituents is 1. The van der Waals surface area contributed by atoms with Crippen molar-refractivity contribution in [1.29, 1.82) is 0 Å². The second kappa shape index (κ2) is 9.17. The van der Waals surface area contributed by atoms with Crippen LogP contribution in [0.5, 0.6) is 5.75 Å². The number of nitro groups is 1. The van der Waals surface area contributed by atoms with Crippen LogP contribution in [-0.4, -0.2) is 52.4 Å². The van der Waals surface area contributed by atoms with E-state index in [0.717, 1.165) is 17.7 Å². The van der Waals surface area contributed by atoms with Gasteiger partial charge in [-0.3, -0.25) is 19.8 Å². The molecule has 1 amide bonds. The van der Waals surface area contributed by atoms with E-state index in [1.807, 2.05) is 13.8 Å². The maximum atomic E-state index is 13.7. The van der Waals surface area contributed by atoms with E-state index in [2.05, 4.69) is 4.90 Å². The standard InChI is InChI=1S/C21H23F2N3O4/c1-14-11-25(15(2)10-24(14)12-16-3-5-17(22)6-4-16)21(27)13-30-18-7-8-20(26(28)29)19(23)9-18/h3-9,14-15H,10-13H2,1-2H3/t14-,15+/m0/s1. The Balaban J connectivity index is 1.56. The molecule has 9 heteroatoms. The predicted octanol–water partition coefficient (Wildman–Crippen LogP) is 3.37. The number of halogens is 2. The van der Waals surface area contributed by atoms with Crippen molar-refractivity contribution in [3.8, 4) is 5.75 Å². The minimum atomic E-state index is -1.01. The molecule has 30 heavy (non-hydrogen) atoms. The molecule has 2 atom stereocenters. The van der Waals surface area contributed by atoms with Crippen molar-refractivity contribution in [1.82, 2.24) is 9.80 Å². The van der Waals surface area contributed by atoms with Crippen LogP contribution in [0, 0.1) is 21.7 Å². The fourth-order valence-electron chi connectivity index (χ4n) is 3.54. The van der Waals surface area contributed by atoms with Gasteiger partial charge in [-0.2, -0.15) is 4.39 Å². The molecule has 0 radical (unpaired) electrons. The van der Waals surface area contributed by atoms with Crippen molar-refractivity contribution in [3.05, 3.63) is 69.8 Å². The van der Waals surface area contributed by atoms with Crippen molar-refractivity contribution in [2.45, 2.75) is 32.5 Å². The first-order valence-corrected chi connectivity index (χ1v) is 9.59. The smallest absolute Gasteiger partial charge is 0.305 e. The summed E-state index contributed by atoms with van der Waals surface area (Å²) in [6, 6.07) is 9.57. The molecule has 3 rings (SSSR count). The lowest BCUT2D eigenvalue weighted by Gasteiger charge is -2.44. The van der Waals surface area contributed by atoms with Gasteiger partial charge >= 0.3 is 5.69 Å². The van der Waals surface area contributed by atoms with Gasteiger partial charge in [0, 0.05) is 43.9 Å². The molecule has 0 N–H and O–H groups in total. The molecule has 0 saturated carbocycles. The van der Waals surface area contributed by atoms with Crippen molar-refractivity contribution in [2.75, 3.05) is 19.7 Å². The number of carbonyl (C=O) groups is 1. The minimum absolute atomic E-state index is 0.0575.